The molecule has 0 atom stereocenters. The van der Waals surface area contributed by atoms with E-state index in [-0.39, 0.29) is 47.7 Å². The first-order valence-electron chi connectivity index (χ1n) is 13.6. The Morgan fingerprint density at radius 3 is 2.24 bits per heavy atom. The third-order valence-electron chi connectivity index (χ3n) is 7.73. The summed E-state index contributed by atoms with van der Waals surface area (Å²) >= 11 is 12.5. The Hall–Kier alpha value is -2.98. The largest absolute Gasteiger partial charge is 0.495 e. The fourth-order valence-electron chi connectivity index (χ4n) is 5.09. The number of halogens is 2. The van der Waals surface area contributed by atoms with Crippen LogP contribution in [-0.2, 0) is 21.4 Å². The minimum Gasteiger partial charge on any atom is -0.495 e. The lowest BCUT2D eigenvalue weighted by Gasteiger charge is -2.41. The van der Waals surface area contributed by atoms with E-state index in [1.54, 1.807) is 24.1 Å². The van der Waals surface area contributed by atoms with Gasteiger partial charge in [0.25, 0.3) is 0 Å². The first-order valence-corrected chi connectivity index (χ1v) is 15.8. The van der Waals surface area contributed by atoms with Gasteiger partial charge in [-0.1, -0.05) is 53.5 Å². The fraction of sp³-hybridized carbons (Fsp3) is 0.387. The zero-order valence-electron chi connectivity index (χ0n) is 24.2. The van der Waals surface area contributed by atoms with Crippen LogP contribution >= 0.6 is 23.2 Å². The van der Waals surface area contributed by atoms with Gasteiger partial charge < -0.3 is 19.1 Å². The van der Waals surface area contributed by atoms with E-state index in [1.165, 1.54) is 30.7 Å². The molecule has 8 nitrogen and oxygen atoms in total. The van der Waals surface area contributed by atoms with Gasteiger partial charge in [0, 0.05) is 49.6 Å². The zero-order chi connectivity index (χ0) is 30.5. The number of piperidine rings is 1. The summed E-state index contributed by atoms with van der Waals surface area (Å²) in [7, 11) is 0.684. The molecule has 3 aromatic carbocycles. The molecular weight excluding hydrogens is 599 g/mol. The minimum atomic E-state index is -3.95. The molecule has 0 aromatic heterocycles. The number of ether oxygens (including phenoxy) is 3. The van der Waals surface area contributed by atoms with E-state index < -0.39 is 15.4 Å². The molecule has 3 aromatic rings. The monoisotopic (exact) mass is 634 g/mol. The Labute approximate surface area is 258 Å². The molecule has 0 unspecified atom stereocenters. The van der Waals surface area contributed by atoms with Crippen LogP contribution in [0.15, 0.2) is 65.6 Å². The highest BCUT2D eigenvalue weighted by atomic mass is 35.5. The lowest BCUT2D eigenvalue weighted by atomic mass is 9.76. The van der Waals surface area contributed by atoms with E-state index in [0.29, 0.717) is 35.9 Å². The lowest BCUT2D eigenvalue weighted by molar-refractivity contribution is -0.134. The van der Waals surface area contributed by atoms with Gasteiger partial charge in [-0.05, 0) is 55.2 Å². The second kappa shape index (κ2) is 13.5. The number of carbonyl (C=O) groups is 1. The number of benzene rings is 3. The average Bonchev–Trinajstić information content (AvgIpc) is 2.98. The molecule has 226 valence electrons. The van der Waals surface area contributed by atoms with Crippen LogP contribution in [0.1, 0.15) is 30.4 Å². The van der Waals surface area contributed by atoms with Crippen LogP contribution in [0.5, 0.6) is 17.2 Å². The van der Waals surface area contributed by atoms with Crippen LogP contribution in [0.2, 0.25) is 10.0 Å². The van der Waals surface area contributed by atoms with Crippen molar-refractivity contribution in [3.8, 4) is 17.2 Å². The molecule has 1 heterocycles. The second-order valence-electron chi connectivity index (χ2n) is 10.7. The summed E-state index contributed by atoms with van der Waals surface area (Å²) in [5, 5.41) is 0.810. The molecule has 11 heteroatoms. The van der Waals surface area contributed by atoms with Gasteiger partial charge in [0.05, 0.1) is 25.8 Å². The van der Waals surface area contributed by atoms with E-state index in [4.69, 9.17) is 37.4 Å². The maximum Gasteiger partial charge on any atom is 0.246 e. The summed E-state index contributed by atoms with van der Waals surface area (Å²) in [6, 6.07) is 18.0. The number of hydrogen-bond acceptors (Lipinski definition) is 6. The summed E-state index contributed by atoms with van der Waals surface area (Å²) < 4.78 is 45.7. The average molecular weight is 636 g/mol. The second-order valence-corrected chi connectivity index (χ2v) is 13.4. The molecule has 1 amide bonds. The van der Waals surface area contributed by atoms with Crippen molar-refractivity contribution in [2.24, 2.45) is 5.41 Å². The van der Waals surface area contributed by atoms with Gasteiger partial charge in [0.1, 0.15) is 22.1 Å². The molecule has 0 radical (unpaired) electrons. The Morgan fingerprint density at radius 1 is 0.952 bits per heavy atom. The molecule has 0 aliphatic carbocycles. The number of amides is 1. The number of aryl methyl sites for hydroxylation is 1. The fourth-order valence-corrected chi connectivity index (χ4v) is 7.12. The third-order valence-corrected chi connectivity index (χ3v) is 10.4. The molecule has 0 N–H and O–H groups in total. The zero-order valence-corrected chi connectivity index (χ0v) is 26.6. The Kier molecular flexibility index (Phi) is 10.3. The van der Waals surface area contributed by atoms with Gasteiger partial charge in [-0.3, -0.25) is 4.79 Å². The molecular formula is C31H36Cl2N2O6S. The standard InChI is InChI=1S/C31H36Cl2N2O6S/c1-22-16-24(10-11-25(22)32)41-21-31(19-30(36)34(2)20-23-8-6-5-7-9-23)12-14-35(15-13-31)42(37,38)29-17-26(33)27(39-3)18-28(29)40-4/h5-11,16-18H,12-15,19-21H2,1-4H3. The molecule has 1 saturated heterocycles. The highest BCUT2D eigenvalue weighted by Crippen LogP contribution is 2.41. The van der Waals surface area contributed by atoms with Crippen molar-refractivity contribution in [2.75, 3.05) is 41.0 Å². The Bertz CT molecular complexity index is 1510. The maximum atomic E-state index is 13.7. The number of nitrogens with zero attached hydrogens (tertiary/aromatic N) is 2. The predicted octanol–water partition coefficient (Wildman–Crippen LogP) is 6.22. The van der Waals surface area contributed by atoms with E-state index >= 15 is 0 Å². The van der Waals surface area contributed by atoms with Gasteiger partial charge in [-0.2, -0.15) is 4.31 Å². The topological polar surface area (TPSA) is 85.4 Å². The Balaban J connectivity index is 1.55. The van der Waals surface area contributed by atoms with Crippen LogP contribution in [0, 0.1) is 12.3 Å². The minimum absolute atomic E-state index is 0.0325. The number of hydrogen-bond donors (Lipinski definition) is 0. The van der Waals surface area contributed by atoms with Crippen LogP contribution in [0.25, 0.3) is 0 Å². The summed E-state index contributed by atoms with van der Waals surface area (Å²) in [6.07, 6.45) is 1.07. The quantitative estimate of drug-likeness (QED) is 0.249. The molecule has 42 heavy (non-hydrogen) atoms. The smallest absolute Gasteiger partial charge is 0.246 e. The van der Waals surface area contributed by atoms with Gasteiger partial charge in [-0.15, -0.1) is 0 Å². The number of methoxy groups -OCH3 is 2. The molecule has 1 aliphatic heterocycles. The third kappa shape index (κ3) is 7.32. The van der Waals surface area contributed by atoms with Gasteiger partial charge >= 0.3 is 0 Å². The number of sulfonamides is 1. The van der Waals surface area contributed by atoms with E-state index in [1.807, 2.05) is 43.3 Å². The van der Waals surface area contributed by atoms with Crippen LogP contribution in [-0.4, -0.2) is 64.5 Å². The van der Waals surface area contributed by atoms with E-state index in [9.17, 15) is 13.2 Å². The molecule has 1 aliphatic rings. The molecule has 0 bridgehead atoms. The first-order chi connectivity index (χ1) is 20.0. The maximum absolute atomic E-state index is 13.7. The highest BCUT2D eigenvalue weighted by molar-refractivity contribution is 7.89. The molecule has 0 spiro atoms. The van der Waals surface area contributed by atoms with Crippen LogP contribution in [0.3, 0.4) is 0 Å². The SMILES string of the molecule is COc1cc(OC)c(S(=O)(=O)N2CCC(COc3ccc(Cl)c(C)c3)(CC(=O)N(C)Cc3ccccc3)CC2)cc1Cl. The normalized spacial score (nSPS) is 15.2. The molecule has 1 fully saturated rings. The van der Waals surface area contributed by atoms with E-state index in [0.717, 1.165) is 11.1 Å². The number of rotatable bonds is 11. The van der Waals surface area contributed by atoms with Crippen molar-refractivity contribution in [3.05, 3.63) is 81.8 Å². The highest BCUT2D eigenvalue weighted by Gasteiger charge is 2.42. The molecule has 0 saturated carbocycles. The van der Waals surface area contributed by atoms with Gasteiger partial charge in [0.15, 0.2) is 0 Å². The number of carbonyl (C=O) groups excluding carboxylic acids is 1. The summed E-state index contributed by atoms with van der Waals surface area (Å²) in [4.78, 5) is 15.2. The molecule has 4 rings (SSSR count). The first kappa shape index (κ1) is 31.9. The summed E-state index contributed by atoms with van der Waals surface area (Å²) in [5.41, 5.74) is 1.33. The summed E-state index contributed by atoms with van der Waals surface area (Å²) in [5.74, 6) is 1.08. The van der Waals surface area contributed by atoms with E-state index in [2.05, 4.69) is 0 Å². The Morgan fingerprint density at radius 2 is 1.62 bits per heavy atom. The van der Waals surface area contributed by atoms with Crippen molar-refractivity contribution in [3.63, 3.8) is 0 Å². The van der Waals surface area contributed by atoms with Crippen LogP contribution < -0.4 is 14.2 Å². The van der Waals surface area contributed by atoms with Gasteiger partial charge in [0.2, 0.25) is 15.9 Å². The van der Waals surface area contributed by atoms with Crippen molar-refractivity contribution in [2.45, 2.75) is 37.6 Å². The summed E-state index contributed by atoms with van der Waals surface area (Å²) in [6.45, 7) is 3.04. The lowest BCUT2D eigenvalue weighted by Crippen LogP contribution is -2.47. The van der Waals surface area contributed by atoms with Crippen molar-refractivity contribution in [1.29, 1.82) is 0 Å². The van der Waals surface area contributed by atoms with Crippen molar-refractivity contribution in [1.82, 2.24) is 9.21 Å². The van der Waals surface area contributed by atoms with Crippen molar-refractivity contribution < 1.29 is 27.4 Å². The van der Waals surface area contributed by atoms with Crippen LogP contribution in [0.4, 0.5) is 0 Å². The van der Waals surface area contributed by atoms with Crippen molar-refractivity contribution >= 4 is 39.1 Å². The predicted molar refractivity (Wildman–Crippen MR) is 164 cm³/mol. The van der Waals surface area contributed by atoms with Gasteiger partial charge in [-0.25, -0.2) is 8.42 Å².